The Bertz CT molecular complexity index is 2430. The molecule has 8 aromatic carbocycles. The van der Waals surface area contributed by atoms with Gasteiger partial charge in [0.05, 0.1) is 0 Å². The summed E-state index contributed by atoms with van der Waals surface area (Å²) in [6.45, 7) is 8.59. The molecule has 0 saturated heterocycles. The number of aryl methyl sites for hydroxylation is 2. The Morgan fingerprint density at radius 1 is 0.396 bits per heavy atom. The van der Waals surface area contributed by atoms with E-state index in [1.54, 1.807) is 0 Å². The first-order valence-electron chi connectivity index (χ1n) is 17.0. The molecule has 1 spiro atoms. The van der Waals surface area contributed by atoms with E-state index in [0.29, 0.717) is 0 Å². The lowest BCUT2D eigenvalue weighted by atomic mass is 9.85. The molecule has 2 heteroatoms. The topological polar surface area (TPSA) is 0 Å². The molecule has 1 nitrogen and oxygen atoms in total. The van der Waals surface area contributed by atoms with E-state index in [-0.39, 0.29) is 17.0 Å². The molecule has 0 radical (unpaired) electrons. The molecule has 232 valence electrons. The molecule has 0 aromatic heterocycles. The summed E-state index contributed by atoms with van der Waals surface area (Å²) in [5, 5.41) is 10.7. The molecule has 4 bridgehead atoms. The third-order valence-corrected chi connectivity index (χ3v) is 11.2. The maximum Gasteiger partial charge on any atom is 0.106 e. The van der Waals surface area contributed by atoms with Crippen LogP contribution in [-0.4, -0.2) is 4.48 Å². The predicted octanol–water partition coefficient (Wildman–Crippen LogP) is 12.4. The highest BCUT2D eigenvalue weighted by Crippen LogP contribution is 2.48. The number of hydrogen-bond acceptors (Lipinski definition) is 0. The third kappa shape index (κ3) is 4.40. The summed E-state index contributed by atoms with van der Waals surface area (Å²) >= 11 is 0. The van der Waals surface area contributed by atoms with Gasteiger partial charge >= 0.3 is 0 Å². The summed E-state index contributed by atoms with van der Waals surface area (Å²) in [5.74, 6) is 0. The molecule has 0 atom stereocenters. The molecule has 0 unspecified atom stereocenters. The van der Waals surface area contributed by atoms with E-state index in [1.165, 1.54) is 98.7 Å². The lowest BCUT2D eigenvalue weighted by Gasteiger charge is -2.39. The molecule has 0 fully saturated rings. The van der Waals surface area contributed by atoms with Gasteiger partial charge in [0.15, 0.2) is 0 Å². The summed E-state index contributed by atoms with van der Waals surface area (Å²) in [5.41, 5.74) is 14.2. The summed E-state index contributed by atoms with van der Waals surface area (Å²) in [6.07, 6.45) is 0. The van der Waals surface area contributed by atoms with Crippen LogP contribution in [0.5, 0.6) is 0 Å². The van der Waals surface area contributed by atoms with E-state index < -0.39 is 0 Å². The number of halogens is 1. The van der Waals surface area contributed by atoms with Gasteiger partial charge in [-0.3, -0.25) is 0 Å². The van der Waals surface area contributed by atoms with Crippen LogP contribution in [0.2, 0.25) is 0 Å². The number of hydrogen-bond donors (Lipinski definition) is 0. The molecule has 8 aromatic rings. The highest BCUT2D eigenvalue weighted by Gasteiger charge is 2.37. The second-order valence-electron chi connectivity index (χ2n) is 14.2. The fourth-order valence-corrected chi connectivity index (χ4v) is 9.13. The lowest BCUT2D eigenvalue weighted by Crippen LogP contribution is -2.45. The van der Waals surface area contributed by atoms with Crippen LogP contribution in [0.25, 0.3) is 65.3 Å². The lowest BCUT2D eigenvalue weighted by molar-refractivity contribution is -0.978. The molecule has 48 heavy (non-hydrogen) atoms. The molecule has 0 aliphatic carbocycles. The minimum atomic E-state index is 0. The Balaban J connectivity index is 0.00000314. The van der Waals surface area contributed by atoms with Crippen LogP contribution in [0.3, 0.4) is 0 Å². The van der Waals surface area contributed by atoms with Crippen molar-refractivity contribution >= 4 is 60.1 Å². The van der Waals surface area contributed by atoms with Gasteiger partial charge in [-0.1, -0.05) is 121 Å². The standard InChI is InChI=1S/C46H36N.BrH/c1-29-21-35-9-3-5-13-37(35)45-43(29)27-47(28-44-30(2)22-36-10-4-6-14-38(36)46(44)45)25-31-17-19-33-11-7-15-39(41(33)23-31)40-16-8-12-34-20-18-32(26-47)24-42(34)40;/h3-24H,25-28H2,1-2H3;1H/q+1;. The van der Waals surface area contributed by atoms with Crippen LogP contribution >= 0.6 is 17.0 Å². The van der Waals surface area contributed by atoms with Crippen LogP contribution in [0.1, 0.15) is 33.4 Å². The zero-order chi connectivity index (χ0) is 31.3. The first kappa shape index (κ1) is 29.4. The van der Waals surface area contributed by atoms with Gasteiger partial charge in [0.25, 0.3) is 0 Å². The summed E-state index contributed by atoms with van der Waals surface area (Å²) in [7, 11) is 0. The van der Waals surface area contributed by atoms with Gasteiger partial charge < -0.3 is 4.48 Å². The Labute approximate surface area is 292 Å². The van der Waals surface area contributed by atoms with Crippen molar-refractivity contribution in [2.45, 2.75) is 40.0 Å². The van der Waals surface area contributed by atoms with E-state index in [1.807, 2.05) is 0 Å². The van der Waals surface area contributed by atoms with Crippen LogP contribution < -0.4 is 0 Å². The molecule has 0 amide bonds. The second kappa shape index (κ2) is 10.9. The van der Waals surface area contributed by atoms with Crippen molar-refractivity contribution in [1.82, 2.24) is 0 Å². The number of rotatable bonds is 0. The Morgan fingerprint density at radius 3 is 1.31 bits per heavy atom. The largest absolute Gasteiger partial charge is 0.309 e. The molecule has 10 rings (SSSR count). The first-order chi connectivity index (χ1) is 23.0. The van der Waals surface area contributed by atoms with E-state index in [4.69, 9.17) is 0 Å². The summed E-state index contributed by atoms with van der Waals surface area (Å²) < 4.78 is 0.944. The van der Waals surface area contributed by atoms with Crippen molar-refractivity contribution in [1.29, 1.82) is 0 Å². The molecule has 2 aliphatic rings. The fraction of sp³-hybridized carbons (Fsp3) is 0.130. The van der Waals surface area contributed by atoms with Gasteiger partial charge in [-0.15, -0.1) is 17.0 Å². The number of fused-ring (bicyclic) bond motifs is 10. The van der Waals surface area contributed by atoms with Crippen LogP contribution in [-0.2, 0) is 26.2 Å². The van der Waals surface area contributed by atoms with Gasteiger partial charge in [0.2, 0.25) is 0 Å². The van der Waals surface area contributed by atoms with Gasteiger partial charge in [0.1, 0.15) is 26.2 Å². The maximum absolute atomic E-state index is 2.50. The van der Waals surface area contributed by atoms with E-state index in [0.717, 1.165) is 30.7 Å². The number of nitrogens with zero attached hydrogens (tertiary/aromatic N) is 1. The van der Waals surface area contributed by atoms with Crippen molar-refractivity contribution < 1.29 is 4.48 Å². The van der Waals surface area contributed by atoms with Gasteiger partial charge in [-0.2, -0.15) is 0 Å². The molecule has 0 N–H and O–H groups in total. The van der Waals surface area contributed by atoms with Crippen molar-refractivity contribution in [3.63, 3.8) is 0 Å². The minimum Gasteiger partial charge on any atom is -0.309 e. The Kier molecular flexibility index (Phi) is 6.66. The number of benzene rings is 8. The Hall–Kier alpha value is -4.76. The molecular formula is C46H37BrN+. The van der Waals surface area contributed by atoms with Crippen molar-refractivity contribution in [3.8, 4) is 22.3 Å². The van der Waals surface area contributed by atoms with Crippen LogP contribution in [0.15, 0.2) is 133 Å². The van der Waals surface area contributed by atoms with E-state index in [2.05, 4.69) is 147 Å². The monoisotopic (exact) mass is 682 g/mol. The molecule has 2 heterocycles. The summed E-state index contributed by atoms with van der Waals surface area (Å²) in [4.78, 5) is 0. The minimum absolute atomic E-state index is 0. The average Bonchev–Trinajstić information content (AvgIpc) is 3.24. The van der Waals surface area contributed by atoms with Gasteiger partial charge in [-0.25, -0.2) is 0 Å². The van der Waals surface area contributed by atoms with Gasteiger partial charge in [0, 0.05) is 22.3 Å². The van der Waals surface area contributed by atoms with Crippen LogP contribution in [0, 0.1) is 13.8 Å². The average molecular weight is 684 g/mol. The van der Waals surface area contributed by atoms with Gasteiger partial charge in [-0.05, 0) is 102 Å². The highest BCUT2D eigenvalue weighted by molar-refractivity contribution is 8.93. The van der Waals surface area contributed by atoms with E-state index in [9.17, 15) is 0 Å². The maximum atomic E-state index is 2.50. The van der Waals surface area contributed by atoms with Crippen LogP contribution in [0.4, 0.5) is 0 Å². The molecule has 0 saturated carbocycles. The van der Waals surface area contributed by atoms with Crippen molar-refractivity contribution in [2.75, 3.05) is 0 Å². The zero-order valence-electron chi connectivity index (χ0n) is 27.4. The Morgan fingerprint density at radius 2 is 0.833 bits per heavy atom. The third-order valence-electron chi connectivity index (χ3n) is 11.2. The fourth-order valence-electron chi connectivity index (χ4n) is 9.13. The smallest absolute Gasteiger partial charge is 0.106 e. The normalized spacial score (nSPS) is 14.5. The quantitative estimate of drug-likeness (QED) is 0.140. The van der Waals surface area contributed by atoms with E-state index >= 15 is 0 Å². The van der Waals surface area contributed by atoms with Crippen molar-refractivity contribution in [3.05, 3.63) is 167 Å². The molecular weight excluding hydrogens is 646 g/mol. The first-order valence-corrected chi connectivity index (χ1v) is 17.0. The summed E-state index contributed by atoms with van der Waals surface area (Å²) in [6, 6.07) is 51.1. The SMILES string of the molecule is Br.Cc1cc2ccccc2c2c1C[N+]1(Cc3ccc4cccc(c4c3)-c3cccc4ccc(cc34)C1)Cc1c(C)cc3ccccc3c1-2. The predicted molar refractivity (Wildman–Crippen MR) is 209 cm³/mol. The highest BCUT2D eigenvalue weighted by atomic mass is 79.9. The zero-order valence-corrected chi connectivity index (χ0v) is 29.1. The van der Waals surface area contributed by atoms with Crippen molar-refractivity contribution in [2.24, 2.45) is 0 Å². The second-order valence-corrected chi connectivity index (χ2v) is 14.2. The number of quaternary nitrogens is 1. The molecule has 2 aliphatic heterocycles.